The van der Waals surface area contributed by atoms with Gasteiger partial charge in [0.15, 0.2) is 0 Å². The van der Waals surface area contributed by atoms with Crippen LogP contribution in [0.25, 0.3) is 98.7 Å². The van der Waals surface area contributed by atoms with Crippen LogP contribution in [0.1, 0.15) is 22.3 Å². The molecule has 0 radical (unpaired) electrons. The maximum Gasteiger partial charge on any atom is 0.126 e. The van der Waals surface area contributed by atoms with Crippen molar-refractivity contribution in [3.8, 4) is 22.7 Å². The number of anilines is 12. The predicted molar refractivity (Wildman–Crippen MR) is 455 cm³/mol. The minimum absolute atomic E-state index is 1.01. The topological polar surface area (TPSA) is 32.7 Å². The average Bonchev–Trinajstić information content (AvgIpc) is 0.908. The van der Waals surface area contributed by atoms with Crippen LogP contribution in [0, 0.1) is 27.7 Å². The summed E-state index contributed by atoms with van der Waals surface area (Å²) in [7, 11) is 0. The van der Waals surface area contributed by atoms with Crippen LogP contribution >= 0.6 is 0 Å². The Morgan fingerprint density at radius 1 is 0.176 bits per heavy atom. The van der Waals surface area contributed by atoms with Gasteiger partial charge in [-0.25, -0.2) is 0 Å². The molecule has 8 heteroatoms. The zero-order valence-corrected chi connectivity index (χ0v) is 60.4. The maximum absolute atomic E-state index is 2.57. The summed E-state index contributed by atoms with van der Waals surface area (Å²) in [5.74, 6) is 4.15. The first-order chi connectivity index (χ1) is 53.4. The van der Waals surface area contributed by atoms with Gasteiger partial charge >= 0.3 is 0 Å². The Morgan fingerprint density at radius 2 is 0.352 bits per heavy atom. The highest BCUT2D eigenvalue weighted by molar-refractivity contribution is 6.33. The van der Waals surface area contributed by atoms with Gasteiger partial charge in [0.1, 0.15) is 23.3 Å². The number of para-hydroxylation sites is 12. The molecule has 0 saturated heterocycles. The second-order valence-electron chi connectivity index (χ2n) is 28.1. The molecule has 0 bridgehead atoms. The number of aryl methyl sites for hydroxylation is 4. The molecular formula is C100H74N8. The van der Waals surface area contributed by atoms with E-state index in [-0.39, 0.29) is 0 Å². The Kier molecular flexibility index (Phi) is 15.3. The van der Waals surface area contributed by atoms with E-state index in [0.29, 0.717) is 0 Å². The zero-order valence-electron chi connectivity index (χ0n) is 60.4. The average molecular weight is 1390 g/mol. The van der Waals surface area contributed by atoms with Crippen LogP contribution in [0.5, 0.6) is 0 Å². The summed E-state index contributed by atoms with van der Waals surface area (Å²) in [6, 6.07) is 138. The Morgan fingerprint density at radius 3 is 0.556 bits per heavy atom. The van der Waals surface area contributed by atoms with Crippen molar-refractivity contribution in [1.29, 1.82) is 0 Å². The Bertz CT molecular complexity index is 5950. The van der Waals surface area contributed by atoms with E-state index in [1.165, 1.54) is 21.5 Å². The zero-order chi connectivity index (χ0) is 72.1. The minimum atomic E-state index is 1.01. The van der Waals surface area contributed by atoms with Gasteiger partial charge in [-0.1, -0.05) is 243 Å². The molecule has 0 amide bonds. The van der Waals surface area contributed by atoms with E-state index < -0.39 is 0 Å². The van der Waals surface area contributed by atoms with Gasteiger partial charge in [0, 0.05) is 122 Å². The lowest BCUT2D eigenvalue weighted by Crippen LogP contribution is -2.20. The summed E-state index contributed by atoms with van der Waals surface area (Å²) in [5, 5.41) is 11.2. The molecule has 108 heavy (non-hydrogen) atoms. The molecule has 0 N–H and O–H groups in total. The molecule has 0 unspecified atom stereocenters. The quantitative estimate of drug-likeness (QED) is 0.0903. The SMILES string of the molecule is Cc1c(N(c2ccccc2)c2cc(N(c3ccccc3)c3c(C)c4ccccc4n3-c3ccccc3)c3ccc4c(N(c5ccccc5)c5c(C)c6ccccc6n5-c5ccccc5)cc(N(c5ccccc5)c5c(C)c6ccccc6n5-c5ccccc5)c5ccc2c3c54)n(-c2ccccc2)c2ccccc12. The lowest BCUT2D eigenvalue weighted by atomic mass is 9.89. The number of nitrogens with zero attached hydrogens (tertiary/aromatic N) is 8. The molecule has 0 aliphatic heterocycles. The van der Waals surface area contributed by atoms with Crippen LogP contribution in [0.3, 0.4) is 0 Å². The van der Waals surface area contributed by atoms with Crippen molar-refractivity contribution in [2.45, 2.75) is 27.7 Å². The third-order valence-electron chi connectivity index (χ3n) is 22.1. The van der Waals surface area contributed by atoms with E-state index in [1.54, 1.807) is 0 Å². The largest absolute Gasteiger partial charge is 0.295 e. The van der Waals surface area contributed by atoms with Gasteiger partial charge in [0.2, 0.25) is 0 Å². The van der Waals surface area contributed by atoms with Crippen LogP contribution < -0.4 is 19.6 Å². The third kappa shape index (κ3) is 9.98. The van der Waals surface area contributed by atoms with E-state index >= 15 is 0 Å². The molecule has 0 spiro atoms. The highest BCUT2D eigenvalue weighted by atomic mass is 15.3. The molecule has 0 aliphatic carbocycles. The summed E-state index contributed by atoms with van der Waals surface area (Å²) in [4.78, 5) is 10.3. The van der Waals surface area contributed by atoms with Crippen molar-refractivity contribution < 1.29 is 0 Å². The predicted octanol–water partition coefficient (Wildman–Crippen LogP) is 27.5. The minimum Gasteiger partial charge on any atom is -0.295 e. The third-order valence-corrected chi connectivity index (χ3v) is 22.1. The van der Waals surface area contributed by atoms with Crippen LogP contribution in [-0.4, -0.2) is 18.3 Å². The summed E-state index contributed by atoms with van der Waals surface area (Å²) in [6.07, 6.45) is 0. The van der Waals surface area contributed by atoms with E-state index in [4.69, 9.17) is 0 Å². The van der Waals surface area contributed by atoms with Gasteiger partial charge in [-0.15, -0.1) is 0 Å². The van der Waals surface area contributed by atoms with E-state index in [2.05, 4.69) is 442 Å². The molecule has 0 saturated carbocycles. The number of aromatic nitrogens is 4. The van der Waals surface area contributed by atoms with Gasteiger partial charge in [-0.05, 0) is 161 Å². The van der Waals surface area contributed by atoms with Crippen molar-refractivity contribution in [3.05, 3.63) is 398 Å². The maximum atomic E-state index is 2.57. The molecule has 8 nitrogen and oxygen atoms in total. The van der Waals surface area contributed by atoms with Crippen molar-refractivity contribution in [3.63, 3.8) is 0 Å². The molecule has 20 aromatic rings. The standard InChI is InChI=1S/C100H74N8/c1-67-79-53-29-33-57-87(79)101(71-37-13-5-14-38-71)97(67)105(75-45-21-9-22-46-75)91-65-92(106(76-47-23-10-24-48-76)98-68(2)80-54-30-34-58-88(80)102(98)72-39-15-6-16-40-72)84-63-64-86-94(108(78-51-27-12-28-52-78)100-70(4)82-56-32-36-60-90(82)104(100)74-43-19-8-20-44-74)66-93(85-62-61-83(91)95(84)96(85)86)107(77-49-25-11-26-50-77)99-69(3)81-55-31-35-59-89(81)103(99)73-41-17-7-18-42-73/h5-66H,1-4H3. The lowest BCUT2D eigenvalue weighted by Gasteiger charge is -2.35. The summed E-state index contributed by atoms with van der Waals surface area (Å²) in [6.45, 7) is 9.24. The number of fused-ring (bicyclic) bond motifs is 4. The Hall–Kier alpha value is -14.1. The molecule has 4 heterocycles. The van der Waals surface area contributed by atoms with E-state index in [0.717, 1.165) is 168 Å². The van der Waals surface area contributed by atoms with Gasteiger partial charge in [-0.3, -0.25) is 37.9 Å². The van der Waals surface area contributed by atoms with E-state index in [1.807, 2.05) is 0 Å². The van der Waals surface area contributed by atoms with E-state index in [9.17, 15) is 0 Å². The van der Waals surface area contributed by atoms with Crippen molar-refractivity contribution >= 4 is 145 Å². The Labute approximate surface area is 627 Å². The highest BCUT2D eigenvalue weighted by Gasteiger charge is 2.35. The molecule has 4 aromatic heterocycles. The first-order valence-electron chi connectivity index (χ1n) is 37.2. The smallest absolute Gasteiger partial charge is 0.126 e. The Balaban J connectivity index is 1.02. The summed E-state index contributed by atoms with van der Waals surface area (Å²) >= 11 is 0. The molecule has 514 valence electrons. The fourth-order valence-electron chi connectivity index (χ4n) is 17.4. The summed E-state index contributed by atoms with van der Waals surface area (Å²) in [5.41, 5.74) is 21.4. The van der Waals surface area contributed by atoms with Gasteiger partial charge in [0.25, 0.3) is 0 Å². The second kappa shape index (κ2) is 26.0. The van der Waals surface area contributed by atoms with Crippen molar-refractivity contribution in [2.24, 2.45) is 0 Å². The van der Waals surface area contributed by atoms with Gasteiger partial charge < -0.3 is 0 Å². The van der Waals surface area contributed by atoms with Crippen LogP contribution in [0.4, 0.5) is 68.8 Å². The first-order valence-corrected chi connectivity index (χ1v) is 37.2. The van der Waals surface area contributed by atoms with Gasteiger partial charge in [-0.2, -0.15) is 0 Å². The molecule has 0 aliphatic rings. The number of rotatable bonds is 16. The molecule has 20 rings (SSSR count). The molecule has 16 aromatic carbocycles. The number of hydrogen-bond acceptors (Lipinski definition) is 4. The van der Waals surface area contributed by atoms with Crippen LogP contribution in [0.2, 0.25) is 0 Å². The fraction of sp³-hybridized carbons (Fsp3) is 0.0400. The lowest BCUT2D eigenvalue weighted by molar-refractivity contribution is 1.06. The fourth-order valence-corrected chi connectivity index (χ4v) is 17.4. The second-order valence-corrected chi connectivity index (χ2v) is 28.1. The van der Waals surface area contributed by atoms with Crippen molar-refractivity contribution in [2.75, 3.05) is 19.6 Å². The van der Waals surface area contributed by atoms with Crippen LogP contribution in [-0.2, 0) is 0 Å². The van der Waals surface area contributed by atoms with Crippen molar-refractivity contribution in [1.82, 2.24) is 18.3 Å². The molecule has 0 fully saturated rings. The number of benzene rings is 16. The molecule has 0 atom stereocenters. The number of hydrogen-bond donors (Lipinski definition) is 0. The monoisotopic (exact) mass is 1390 g/mol. The van der Waals surface area contributed by atoms with Crippen LogP contribution in [0.15, 0.2) is 376 Å². The molecular weight excluding hydrogens is 1310 g/mol. The normalized spacial score (nSPS) is 11.7. The highest BCUT2D eigenvalue weighted by Crippen LogP contribution is 2.58. The summed E-state index contributed by atoms with van der Waals surface area (Å²) < 4.78 is 9.93. The first kappa shape index (κ1) is 63.6. The van der Waals surface area contributed by atoms with Gasteiger partial charge in [0.05, 0.1) is 44.8 Å².